The second-order valence-corrected chi connectivity index (χ2v) is 9.25. The number of aliphatic hydroxyl groups is 1. The fraction of sp³-hybridized carbons (Fsp3) is 0.0909. The van der Waals surface area contributed by atoms with Crippen LogP contribution >= 0.6 is 11.3 Å². The highest BCUT2D eigenvalue weighted by Gasteiger charge is 2.40. The monoisotopic (exact) mass is 407 g/mol. The summed E-state index contributed by atoms with van der Waals surface area (Å²) in [7, 11) is -4.01. The molecule has 0 bridgehead atoms. The Hall–Kier alpha value is -3.01. The van der Waals surface area contributed by atoms with Gasteiger partial charge in [0.15, 0.2) is 5.76 Å². The summed E-state index contributed by atoms with van der Waals surface area (Å²) in [6.45, 7) is 1.71. The Balaban J connectivity index is 2.01. The van der Waals surface area contributed by atoms with E-state index in [1.165, 1.54) is 15.6 Å². The summed E-state index contributed by atoms with van der Waals surface area (Å²) >= 11 is 1.35. The smallest absolute Gasteiger partial charge is 0.269 e. The quantitative estimate of drug-likeness (QED) is 0.629. The van der Waals surface area contributed by atoms with Crippen LogP contribution in [0.2, 0.25) is 0 Å². The maximum Gasteiger partial charge on any atom is 0.269 e. The lowest BCUT2D eigenvalue weighted by molar-refractivity contribution is 0.515. The molecule has 4 rings (SSSR count). The standard InChI is InChI=1S/C22H17NO3S2/c1-3-13-23-18-14-19(16-10-5-4-6-11-16)27-21(18)20(24)22(28(23,25)26)17-12-8-7-9-15(17)2/h1,4-12,14,24H,13H2,2H3. The minimum atomic E-state index is -4.01. The predicted molar refractivity (Wildman–Crippen MR) is 115 cm³/mol. The first-order valence-corrected chi connectivity index (χ1v) is 10.9. The SMILES string of the molecule is C#CCN1c2cc(-c3ccccc3)sc2C(O)=C(c2ccccc2C)S1(=O)=O. The summed E-state index contributed by atoms with van der Waals surface area (Å²) in [5.41, 5.74) is 2.60. The molecule has 0 saturated carbocycles. The lowest BCUT2D eigenvalue weighted by Crippen LogP contribution is -2.35. The minimum absolute atomic E-state index is 0.102. The molecular weight excluding hydrogens is 390 g/mol. The van der Waals surface area contributed by atoms with E-state index in [1.54, 1.807) is 18.2 Å². The van der Waals surface area contributed by atoms with Gasteiger partial charge in [-0.2, -0.15) is 0 Å². The molecule has 2 aromatic carbocycles. The molecule has 0 amide bonds. The first-order chi connectivity index (χ1) is 13.4. The molecule has 0 atom stereocenters. The highest BCUT2D eigenvalue weighted by atomic mass is 32.2. The number of aliphatic hydroxyl groups excluding tert-OH is 1. The molecule has 3 aromatic rings. The molecule has 140 valence electrons. The number of anilines is 1. The third-order valence-electron chi connectivity index (χ3n) is 4.64. The summed E-state index contributed by atoms with van der Waals surface area (Å²) in [6, 6.07) is 18.5. The largest absolute Gasteiger partial charge is 0.505 e. The second kappa shape index (κ2) is 6.86. The third-order valence-corrected chi connectivity index (χ3v) is 7.66. The third kappa shape index (κ3) is 2.80. The molecule has 0 spiro atoms. The molecule has 0 aliphatic carbocycles. The Morgan fingerprint density at radius 1 is 1.11 bits per heavy atom. The Morgan fingerprint density at radius 2 is 1.79 bits per heavy atom. The van der Waals surface area contributed by atoms with Gasteiger partial charge in [0, 0.05) is 10.4 Å². The van der Waals surface area contributed by atoms with E-state index in [0.717, 1.165) is 16.0 Å². The Kier molecular flexibility index (Phi) is 4.50. The fourth-order valence-corrected chi connectivity index (χ4v) is 6.25. The molecule has 28 heavy (non-hydrogen) atoms. The normalized spacial score (nSPS) is 15.2. The van der Waals surface area contributed by atoms with Gasteiger partial charge in [-0.05, 0) is 24.1 Å². The van der Waals surface area contributed by atoms with Crippen LogP contribution in [0.3, 0.4) is 0 Å². The second-order valence-electron chi connectivity index (χ2n) is 6.40. The number of terminal acetylenes is 1. The van der Waals surface area contributed by atoms with Crippen LogP contribution in [0.5, 0.6) is 0 Å². The minimum Gasteiger partial charge on any atom is -0.505 e. The van der Waals surface area contributed by atoms with Gasteiger partial charge in [0.25, 0.3) is 10.0 Å². The zero-order valence-corrected chi connectivity index (χ0v) is 16.7. The fourth-order valence-electron chi connectivity index (χ4n) is 3.29. The number of benzene rings is 2. The number of hydrogen-bond acceptors (Lipinski definition) is 4. The molecule has 2 heterocycles. The molecule has 0 saturated heterocycles. The van der Waals surface area contributed by atoms with Gasteiger partial charge >= 0.3 is 0 Å². The van der Waals surface area contributed by atoms with Crippen LogP contribution in [0.1, 0.15) is 16.0 Å². The summed E-state index contributed by atoms with van der Waals surface area (Å²) < 4.78 is 28.0. The van der Waals surface area contributed by atoms with Crippen molar-refractivity contribution in [1.29, 1.82) is 0 Å². The van der Waals surface area contributed by atoms with Crippen molar-refractivity contribution in [3.05, 3.63) is 76.7 Å². The first-order valence-electron chi connectivity index (χ1n) is 8.60. The molecule has 0 fully saturated rings. The molecule has 1 aliphatic rings. The van der Waals surface area contributed by atoms with E-state index in [2.05, 4.69) is 5.92 Å². The summed E-state index contributed by atoms with van der Waals surface area (Å²) in [6.07, 6.45) is 5.47. The van der Waals surface area contributed by atoms with Crippen LogP contribution < -0.4 is 4.31 Å². The lowest BCUT2D eigenvalue weighted by Gasteiger charge is -2.29. The zero-order chi connectivity index (χ0) is 19.9. The maximum atomic E-state index is 13.4. The van der Waals surface area contributed by atoms with Crippen LogP contribution in [0.25, 0.3) is 21.1 Å². The maximum absolute atomic E-state index is 13.4. The van der Waals surface area contributed by atoms with Gasteiger partial charge in [-0.3, -0.25) is 4.31 Å². The zero-order valence-electron chi connectivity index (χ0n) is 15.1. The van der Waals surface area contributed by atoms with E-state index in [1.807, 2.05) is 49.4 Å². The van der Waals surface area contributed by atoms with Gasteiger partial charge in [-0.25, -0.2) is 8.42 Å². The van der Waals surface area contributed by atoms with Crippen molar-refractivity contribution in [2.24, 2.45) is 0 Å². The van der Waals surface area contributed by atoms with E-state index in [-0.39, 0.29) is 17.2 Å². The average molecular weight is 408 g/mol. The predicted octanol–water partition coefficient (Wildman–Crippen LogP) is 4.89. The number of nitrogens with zero attached hydrogens (tertiary/aromatic N) is 1. The van der Waals surface area contributed by atoms with Crippen molar-refractivity contribution in [2.45, 2.75) is 6.92 Å². The average Bonchev–Trinajstić information content (AvgIpc) is 3.13. The van der Waals surface area contributed by atoms with E-state index in [4.69, 9.17) is 6.42 Å². The van der Waals surface area contributed by atoms with Gasteiger partial charge < -0.3 is 5.11 Å². The Bertz CT molecular complexity index is 1230. The van der Waals surface area contributed by atoms with Crippen LogP contribution in [0, 0.1) is 19.3 Å². The van der Waals surface area contributed by atoms with Crippen molar-refractivity contribution < 1.29 is 13.5 Å². The molecule has 0 radical (unpaired) electrons. The summed E-state index contributed by atoms with van der Waals surface area (Å²) in [5, 5.41) is 11.0. The van der Waals surface area contributed by atoms with Crippen LogP contribution in [0.15, 0.2) is 60.7 Å². The number of sulfonamides is 1. The molecule has 4 nitrogen and oxygen atoms in total. The van der Waals surface area contributed by atoms with Gasteiger partial charge in [0.05, 0.1) is 17.1 Å². The van der Waals surface area contributed by atoms with Crippen molar-refractivity contribution in [3.8, 4) is 22.8 Å². The highest BCUT2D eigenvalue weighted by molar-refractivity contribution is 8.02. The summed E-state index contributed by atoms with van der Waals surface area (Å²) in [4.78, 5) is 1.26. The number of rotatable bonds is 3. The van der Waals surface area contributed by atoms with Crippen LogP contribution in [-0.2, 0) is 10.0 Å². The van der Waals surface area contributed by atoms with E-state index < -0.39 is 10.0 Å². The van der Waals surface area contributed by atoms with E-state index >= 15 is 0 Å². The van der Waals surface area contributed by atoms with Crippen LogP contribution in [0.4, 0.5) is 5.69 Å². The highest BCUT2D eigenvalue weighted by Crippen LogP contribution is 2.48. The molecule has 1 aliphatic heterocycles. The van der Waals surface area contributed by atoms with Gasteiger partial charge in [0.1, 0.15) is 4.91 Å². The van der Waals surface area contributed by atoms with Crippen molar-refractivity contribution in [3.63, 3.8) is 0 Å². The molecule has 6 heteroatoms. The van der Waals surface area contributed by atoms with Crippen molar-refractivity contribution in [2.75, 3.05) is 10.8 Å². The number of hydrogen-bond donors (Lipinski definition) is 1. The van der Waals surface area contributed by atoms with E-state index in [9.17, 15) is 13.5 Å². The van der Waals surface area contributed by atoms with Crippen molar-refractivity contribution in [1.82, 2.24) is 0 Å². The molecule has 1 N–H and O–H groups in total. The Labute approximate surface area is 168 Å². The first kappa shape index (κ1) is 18.4. The lowest BCUT2D eigenvalue weighted by atomic mass is 10.1. The number of aryl methyl sites for hydroxylation is 1. The van der Waals surface area contributed by atoms with Crippen molar-refractivity contribution >= 4 is 37.7 Å². The Morgan fingerprint density at radius 3 is 2.46 bits per heavy atom. The van der Waals surface area contributed by atoms with Gasteiger partial charge in [-0.1, -0.05) is 60.5 Å². The van der Waals surface area contributed by atoms with Crippen LogP contribution in [-0.4, -0.2) is 20.1 Å². The summed E-state index contributed by atoms with van der Waals surface area (Å²) in [5.74, 6) is 2.20. The van der Waals surface area contributed by atoms with E-state index in [0.29, 0.717) is 16.1 Å². The molecule has 1 aromatic heterocycles. The molecule has 0 unspecified atom stereocenters. The van der Waals surface area contributed by atoms with Gasteiger partial charge in [-0.15, -0.1) is 17.8 Å². The number of thiophene rings is 1. The topological polar surface area (TPSA) is 57.6 Å². The number of fused-ring (bicyclic) bond motifs is 1. The van der Waals surface area contributed by atoms with Gasteiger partial charge in [0.2, 0.25) is 0 Å². The molecular formula is C22H17NO3S2.